The summed E-state index contributed by atoms with van der Waals surface area (Å²) in [7, 11) is 0. The van der Waals surface area contributed by atoms with Crippen LogP contribution in [-0.4, -0.2) is 19.6 Å². The van der Waals surface area contributed by atoms with Crippen molar-refractivity contribution in [1.82, 2.24) is 19.6 Å². The molecule has 0 atom stereocenters. The molecule has 0 amide bonds. The fourth-order valence-electron chi connectivity index (χ4n) is 1.87. The van der Waals surface area contributed by atoms with Crippen molar-refractivity contribution < 1.29 is 8.78 Å². The van der Waals surface area contributed by atoms with Gasteiger partial charge in [0.2, 0.25) is 5.65 Å². The number of benzene rings is 1. The number of rotatable bonds is 2. The van der Waals surface area contributed by atoms with Crippen LogP contribution in [-0.2, 0) is 6.42 Å². The largest absolute Gasteiger partial charge is 0.381 e. The monoisotopic (exact) mass is 261 g/mol. The Kier molecular flexibility index (Phi) is 2.59. The molecule has 5 nitrogen and oxygen atoms in total. The van der Waals surface area contributed by atoms with E-state index in [1.165, 1.54) is 24.4 Å². The van der Waals surface area contributed by atoms with Gasteiger partial charge >= 0.3 is 0 Å². The molecule has 0 spiro atoms. The summed E-state index contributed by atoms with van der Waals surface area (Å²) in [5, 5.41) is 7.75. The van der Waals surface area contributed by atoms with Crippen LogP contribution in [0.2, 0.25) is 0 Å². The summed E-state index contributed by atoms with van der Waals surface area (Å²) in [5.74, 6) is -0.610. The predicted molar refractivity (Wildman–Crippen MR) is 64.4 cm³/mol. The van der Waals surface area contributed by atoms with Gasteiger partial charge in [0.1, 0.15) is 17.5 Å². The van der Waals surface area contributed by atoms with E-state index in [0.29, 0.717) is 11.5 Å². The van der Waals surface area contributed by atoms with Crippen molar-refractivity contribution in [2.75, 3.05) is 5.73 Å². The first kappa shape index (κ1) is 11.5. The van der Waals surface area contributed by atoms with Crippen molar-refractivity contribution in [3.05, 3.63) is 53.6 Å². The third kappa shape index (κ3) is 1.88. The zero-order chi connectivity index (χ0) is 13.4. The number of halogens is 2. The molecule has 2 N–H and O–H groups in total. The molecule has 7 heteroatoms. The first-order valence-electron chi connectivity index (χ1n) is 5.54. The highest BCUT2D eigenvalue weighted by Crippen LogP contribution is 2.17. The molecule has 1 aromatic carbocycles. The lowest BCUT2D eigenvalue weighted by Gasteiger charge is -2.03. The summed E-state index contributed by atoms with van der Waals surface area (Å²) >= 11 is 0. The van der Waals surface area contributed by atoms with Crippen LogP contribution in [0.15, 0.2) is 30.6 Å². The Morgan fingerprint density at radius 1 is 1.16 bits per heavy atom. The van der Waals surface area contributed by atoms with Crippen LogP contribution in [0.25, 0.3) is 5.65 Å². The Balaban J connectivity index is 2.09. The maximum Gasteiger partial charge on any atom is 0.203 e. The van der Waals surface area contributed by atoms with Crippen molar-refractivity contribution in [2.24, 2.45) is 0 Å². The van der Waals surface area contributed by atoms with Crippen LogP contribution < -0.4 is 5.73 Å². The Hall–Kier alpha value is -2.57. The van der Waals surface area contributed by atoms with Gasteiger partial charge in [-0.3, -0.25) is 4.40 Å². The molecule has 0 radical (unpaired) electrons. The third-order valence-corrected chi connectivity index (χ3v) is 2.82. The van der Waals surface area contributed by atoms with Crippen LogP contribution in [0.4, 0.5) is 14.6 Å². The molecule has 0 aliphatic carbocycles. The Bertz CT molecular complexity index is 733. The fraction of sp³-hybridized carbons (Fsp3) is 0.0833. The quantitative estimate of drug-likeness (QED) is 0.760. The topological polar surface area (TPSA) is 69.1 Å². The van der Waals surface area contributed by atoms with Gasteiger partial charge in [-0.15, -0.1) is 10.2 Å². The number of anilines is 1. The van der Waals surface area contributed by atoms with Gasteiger partial charge in [-0.05, 0) is 12.1 Å². The molecule has 0 saturated heterocycles. The van der Waals surface area contributed by atoms with E-state index in [9.17, 15) is 8.78 Å². The van der Waals surface area contributed by atoms with E-state index in [1.807, 2.05) is 0 Å². The van der Waals surface area contributed by atoms with E-state index in [-0.39, 0.29) is 17.8 Å². The zero-order valence-electron chi connectivity index (χ0n) is 9.72. The molecule has 2 heterocycles. The molecule has 0 aliphatic heterocycles. The second-order valence-electron chi connectivity index (χ2n) is 4.00. The standard InChI is InChI=1S/C12H9F2N5/c13-8-2-1-3-9(14)7(8)6-10-17-18-12-11(15)16-4-5-19(10)12/h1-5H,6H2,(H2,15,16). The van der Waals surface area contributed by atoms with Gasteiger partial charge in [-0.25, -0.2) is 13.8 Å². The molecule has 3 aromatic rings. The highest BCUT2D eigenvalue weighted by atomic mass is 19.1. The van der Waals surface area contributed by atoms with Crippen LogP contribution in [0.3, 0.4) is 0 Å². The number of nitrogens with zero attached hydrogens (tertiary/aromatic N) is 4. The van der Waals surface area contributed by atoms with E-state index in [2.05, 4.69) is 15.2 Å². The lowest BCUT2D eigenvalue weighted by molar-refractivity contribution is 0.558. The van der Waals surface area contributed by atoms with Crippen LogP contribution in [0.1, 0.15) is 11.4 Å². The predicted octanol–water partition coefficient (Wildman–Crippen LogP) is 1.58. The number of nitrogens with two attached hydrogens (primary N) is 1. The fourth-order valence-corrected chi connectivity index (χ4v) is 1.87. The SMILES string of the molecule is Nc1nccn2c(Cc3c(F)cccc3F)nnc12. The summed E-state index contributed by atoms with van der Waals surface area (Å²) in [4.78, 5) is 3.87. The van der Waals surface area contributed by atoms with Gasteiger partial charge in [0.15, 0.2) is 5.82 Å². The van der Waals surface area contributed by atoms with E-state index >= 15 is 0 Å². The van der Waals surface area contributed by atoms with E-state index < -0.39 is 11.6 Å². The van der Waals surface area contributed by atoms with Crippen molar-refractivity contribution in [3.63, 3.8) is 0 Å². The summed E-state index contributed by atoms with van der Waals surface area (Å²) in [5.41, 5.74) is 5.96. The van der Waals surface area contributed by atoms with Gasteiger partial charge in [-0.1, -0.05) is 6.07 Å². The number of nitrogen functional groups attached to an aromatic ring is 1. The zero-order valence-corrected chi connectivity index (χ0v) is 9.72. The van der Waals surface area contributed by atoms with Gasteiger partial charge in [-0.2, -0.15) is 0 Å². The molecular weight excluding hydrogens is 252 g/mol. The van der Waals surface area contributed by atoms with Crippen LogP contribution in [0.5, 0.6) is 0 Å². The van der Waals surface area contributed by atoms with Crippen molar-refractivity contribution in [2.45, 2.75) is 6.42 Å². The molecule has 0 bridgehead atoms. The number of hydrogen-bond donors (Lipinski definition) is 1. The minimum absolute atomic E-state index is 0.0108. The molecule has 0 saturated carbocycles. The highest BCUT2D eigenvalue weighted by molar-refractivity contribution is 5.58. The molecule has 0 unspecified atom stereocenters. The van der Waals surface area contributed by atoms with Crippen molar-refractivity contribution >= 4 is 11.5 Å². The van der Waals surface area contributed by atoms with E-state index in [0.717, 1.165) is 0 Å². The average Bonchev–Trinajstić information content (AvgIpc) is 2.79. The number of fused-ring (bicyclic) bond motifs is 1. The molecule has 0 fully saturated rings. The minimum Gasteiger partial charge on any atom is -0.381 e. The molecule has 96 valence electrons. The maximum absolute atomic E-state index is 13.6. The molecule has 0 aliphatic rings. The Morgan fingerprint density at radius 3 is 2.63 bits per heavy atom. The van der Waals surface area contributed by atoms with Crippen molar-refractivity contribution in [1.29, 1.82) is 0 Å². The van der Waals surface area contributed by atoms with E-state index in [1.54, 1.807) is 10.6 Å². The lowest BCUT2D eigenvalue weighted by Crippen LogP contribution is -2.02. The first-order chi connectivity index (χ1) is 9.16. The number of hydrogen-bond acceptors (Lipinski definition) is 4. The average molecular weight is 261 g/mol. The number of aromatic nitrogens is 4. The smallest absolute Gasteiger partial charge is 0.203 e. The van der Waals surface area contributed by atoms with Crippen LogP contribution in [0, 0.1) is 11.6 Å². The minimum atomic E-state index is -0.612. The summed E-state index contributed by atoms with van der Waals surface area (Å²) in [6.45, 7) is 0. The third-order valence-electron chi connectivity index (χ3n) is 2.82. The highest BCUT2D eigenvalue weighted by Gasteiger charge is 2.14. The normalized spacial score (nSPS) is 11.1. The second-order valence-corrected chi connectivity index (χ2v) is 4.00. The van der Waals surface area contributed by atoms with Gasteiger partial charge in [0.25, 0.3) is 0 Å². The molecule has 3 rings (SSSR count). The first-order valence-corrected chi connectivity index (χ1v) is 5.54. The van der Waals surface area contributed by atoms with Crippen LogP contribution >= 0.6 is 0 Å². The Morgan fingerprint density at radius 2 is 1.89 bits per heavy atom. The molecule has 19 heavy (non-hydrogen) atoms. The lowest BCUT2D eigenvalue weighted by atomic mass is 10.1. The molecule has 2 aromatic heterocycles. The summed E-state index contributed by atoms with van der Waals surface area (Å²) in [6, 6.07) is 3.73. The summed E-state index contributed by atoms with van der Waals surface area (Å²) < 4.78 is 28.7. The van der Waals surface area contributed by atoms with Crippen molar-refractivity contribution in [3.8, 4) is 0 Å². The van der Waals surface area contributed by atoms with Gasteiger partial charge < -0.3 is 5.73 Å². The summed E-state index contributed by atoms with van der Waals surface area (Å²) in [6.07, 6.45) is 3.07. The Labute approximate surface area is 106 Å². The molecular formula is C12H9F2N5. The second kappa shape index (κ2) is 4.27. The van der Waals surface area contributed by atoms with Gasteiger partial charge in [0.05, 0.1) is 0 Å². The maximum atomic E-state index is 13.6. The van der Waals surface area contributed by atoms with E-state index in [4.69, 9.17) is 5.73 Å². The van der Waals surface area contributed by atoms with Gasteiger partial charge in [0, 0.05) is 24.4 Å².